The van der Waals surface area contributed by atoms with Crippen LogP contribution in [-0.4, -0.2) is 15.9 Å². The van der Waals surface area contributed by atoms with Gasteiger partial charge in [-0.1, -0.05) is 17.9 Å². The van der Waals surface area contributed by atoms with Gasteiger partial charge < -0.3 is 11.5 Å². The van der Waals surface area contributed by atoms with Crippen LogP contribution < -0.4 is 11.5 Å². The number of amides is 1. The van der Waals surface area contributed by atoms with Gasteiger partial charge in [-0.15, -0.1) is 0 Å². The minimum atomic E-state index is -0.473. The second kappa shape index (κ2) is 5.19. The van der Waals surface area contributed by atoms with E-state index in [1.807, 2.05) is 13.0 Å². The van der Waals surface area contributed by atoms with Gasteiger partial charge in [0.25, 0.3) is 0 Å². The Hall–Kier alpha value is -2.87. The van der Waals surface area contributed by atoms with Gasteiger partial charge in [0.15, 0.2) is 0 Å². The second-order valence-corrected chi connectivity index (χ2v) is 3.97. The molecule has 1 aromatic carbocycles. The Morgan fingerprint density at radius 1 is 1.21 bits per heavy atom. The smallest absolute Gasteiger partial charge is 0.248 e. The van der Waals surface area contributed by atoms with Gasteiger partial charge in [0, 0.05) is 23.5 Å². The number of hydrogen-bond acceptors (Lipinski definition) is 4. The van der Waals surface area contributed by atoms with Gasteiger partial charge in [-0.25, -0.2) is 9.97 Å². The monoisotopic (exact) mass is 252 g/mol. The van der Waals surface area contributed by atoms with Crippen molar-refractivity contribution in [2.24, 2.45) is 5.73 Å². The molecule has 5 heteroatoms. The van der Waals surface area contributed by atoms with Crippen LogP contribution in [0.15, 0.2) is 30.6 Å². The Balaban J connectivity index is 2.36. The maximum absolute atomic E-state index is 11.1. The van der Waals surface area contributed by atoms with E-state index in [1.165, 1.54) is 0 Å². The van der Waals surface area contributed by atoms with E-state index in [0.717, 1.165) is 11.1 Å². The topological polar surface area (TPSA) is 94.9 Å². The number of hydrogen-bond donors (Lipinski definition) is 2. The lowest BCUT2D eigenvalue weighted by molar-refractivity contribution is 0.100. The molecule has 94 valence electrons. The van der Waals surface area contributed by atoms with Crippen molar-refractivity contribution in [2.45, 2.75) is 6.92 Å². The summed E-state index contributed by atoms with van der Waals surface area (Å²) < 4.78 is 0. The molecule has 0 atom stereocenters. The van der Waals surface area contributed by atoms with Crippen molar-refractivity contribution in [3.63, 3.8) is 0 Å². The molecular formula is C14H12N4O. The van der Waals surface area contributed by atoms with E-state index in [-0.39, 0.29) is 5.95 Å². The summed E-state index contributed by atoms with van der Waals surface area (Å²) in [6, 6.07) is 5.15. The van der Waals surface area contributed by atoms with Crippen LogP contribution in [0, 0.1) is 18.8 Å². The summed E-state index contributed by atoms with van der Waals surface area (Å²) in [5.41, 5.74) is 13.4. The Labute approximate surface area is 110 Å². The van der Waals surface area contributed by atoms with Gasteiger partial charge in [-0.3, -0.25) is 4.79 Å². The largest absolute Gasteiger partial charge is 0.368 e. The lowest BCUT2D eigenvalue weighted by Crippen LogP contribution is -2.11. The molecule has 0 aliphatic carbocycles. The highest BCUT2D eigenvalue weighted by atomic mass is 16.1. The van der Waals surface area contributed by atoms with Crippen LogP contribution in [0.2, 0.25) is 0 Å². The van der Waals surface area contributed by atoms with Crippen molar-refractivity contribution in [3.05, 3.63) is 52.8 Å². The molecule has 1 amide bonds. The van der Waals surface area contributed by atoms with Crippen molar-refractivity contribution in [1.29, 1.82) is 0 Å². The van der Waals surface area contributed by atoms with Crippen molar-refractivity contribution < 1.29 is 4.79 Å². The molecule has 4 N–H and O–H groups in total. The van der Waals surface area contributed by atoms with Gasteiger partial charge in [-0.2, -0.15) is 0 Å². The van der Waals surface area contributed by atoms with Crippen LogP contribution in [0.5, 0.6) is 0 Å². The highest BCUT2D eigenvalue weighted by Crippen LogP contribution is 2.10. The second-order valence-electron chi connectivity index (χ2n) is 3.97. The molecule has 19 heavy (non-hydrogen) atoms. The minimum Gasteiger partial charge on any atom is -0.368 e. The van der Waals surface area contributed by atoms with E-state index in [0.29, 0.717) is 11.1 Å². The van der Waals surface area contributed by atoms with Crippen LogP contribution in [-0.2, 0) is 0 Å². The van der Waals surface area contributed by atoms with Crippen molar-refractivity contribution in [2.75, 3.05) is 5.73 Å². The number of benzene rings is 1. The number of primary amides is 1. The molecule has 2 aromatic rings. The lowest BCUT2D eigenvalue weighted by atomic mass is 10.0. The zero-order chi connectivity index (χ0) is 13.8. The molecular weight excluding hydrogens is 240 g/mol. The fourth-order valence-corrected chi connectivity index (χ4v) is 1.45. The van der Waals surface area contributed by atoms with E-state index >= 15 is 0 Å². The maximum atomic E-state index is 11.1. The van der Waals surface area contributed by atoms with Gasteiger partial charge in [0.2, 0.25) is 11.9 Å². The van der Waals surface area contributed by atoms with Crippen molar-refractivity contribution in [1.82, 2.24) is 9.97 Å². The molecule has 5 nitrogen and oxygen atoms in total. The SMILES string of the molecule is Cc1ccc(C(N)=O)cc1C#Cc1cnc(N)nc1. The van der Waals surface area contributed by atoms with Crippen LogP contribution in [0.4, 0.5) is 5.95 Å². The van der Waals surface area contributed by atoms with Gasteiger partial charge >= 0.3 is 0 Å². The summed E-state index contributed by atoms with van der Waals surface area (Å²) in [4.78, 5) is 18.8. The molecule has 0 aliphatic heterocycles. The number of rotatable bonds is 1. The average molecular weight is 252 g/mol. The van der Waals surface area contributed by atoms with Crippen LogP contribution in [0.1, 0.15) is 27.0 Å². The minimum absolute atomic E-state index is 0.206. The first kappa shape index (κ1) is 12.6. The van der Waals surface area contributed by atoms with E-state index < -0.39 is 5.91 Å². The average Bonchev–Trinajstić information content (AvgIpc) is 2.39. The zero-order valence-corrected chi connectivity index (χ0v) is 10.3. The zero-order valence-electron chi connectivity index (χ0n) is 10.3. The standard InChI is InChI=1S/C14H12N4O/c1-9-2-4-12(13(15)19)6-11(9)5-3-10-7-17-14(16)18-8-10/h2,4,6-8H,1H3,(H2,15,19)(H2,16,17,18). The number of nitrogens with two attached hydrogens (primary N) is 2. The highest BCUT2D eigenvalue weighted by molar-refractivity contribution is 5.93. The lowest BCUT2D eigenvalue weighted by Gasteiger charge is -2.00. The fraction of sp³-hybridized carbons (Fsp3) is 0.0714. The summed E-state index contributed by atoms with van der Waals surface area (Å²) in [5, 5.41) is 0. The number of aryl methyl sites for hydroxylation is 1. The fourth-order valence-electron chi connectivity index (χ4n) is 1.45. The number of nitrogens with zero attached hydrogens (tertiary/aromatic N) is 2. The third-order valence-corrected chi connectivity index (χ3v) is 2.54. The number of carbonyl (C=O) groups excluding carboxylic acids is 1. The molecule has 0 fully saturated rings. The molecule has 0 saturated carbocycles. The van der Waals surface area contributed by atoms with Crippen molar-refractivity contribution in [3.8, 4) is 11.8 Å². The number of carbonyl (C=O) groups is 1. The van der Waals surface area contributed by atoms with Crippen LogP contribution in [0.25, 0.3) is 0 Å². The number of nitrogen functional groups attached to an aromatic ring is 1. The molecule has 0 spiro atoms. The first-order chi connectivity index (χ1) is 9.06. The summed E-state index contributed by atoms with van der Waals surface area (Å²) in [6.07, 6.45) is 3.09. The third kappa shape index (κ3) is 3.07. The molecule has 0 saturated heterocycles. The Morgan fingerprint density at radius 2 is 1.89 bits per heavy atom. The van der Waals surface area contributed by atoms with Crippen molar-refractivity contribution >= 4 is 11.9 Å². The van der Waals surface area contributed by atoms with Gasteiger partial charge in [-0.05, 0) is 24.6 Å². The van der Waals surface area contributed by atoms with E-state index in [2.05, 4.69) is 21.8 Å². The van der Waals surface area contributed by atoms with E-state index in [4.69, 9.17) is 11.5 Å². The molecule has 0 bridgehead atoms. The molecule has 1 aromatic heterocycles. The predicted octanol–water partition coefficient (Wildman–Crippen LogP) is 0.866. The van der Waals surface area contributed by atoms with E-state index in [9.17, 15) is 4.79 Å². The maximum Gasteiger partial charge on any atom is 0.248 e. The Kier molecular flexibility index (Phi) is 3.44. The summed E-state index contributed by atoms with van der Waals surface area (Å²) in [7, 11) is 0. The molecule has 0 radical (unpaired) electrons. The highest BCUT2D eigenvalue weighted by Gasteiger charge is 2.02. The van der Waals surface area contributed by atoms with Gasteiger partial charge in [0.05, 0.1) is 5.56 Å². The molecule has 0 aliphatic rings. The Morgan fingerprint density at radius 3 is 2.53 bits per heavy atom. The normalized spacial score (nSPS) is 9.53. The van der Waals surface area contributed by atoms with Crippen LogP contribution in [0.3, 0.4) is 0 Å². The molecule has 1 heterocycles. The van der Waals surface area contributed by atoms with Crippen LogP contribution >= 0.6 is 0 Å². The first-order valence-corrected chi connectivity index (χ1v) is 5.56. The Bertz CT molecular complexity index is 681. The summed E-state index contributed by atoms with van der Waals surface area (Å²) >= 11 is 0. The summed E-state index contributed by atoms with van der Waals surface area (Å²) in [6.45, 7) is 1.91. The quantitative estimate of drug-likeness (QED) is 0.736. The summed E-state index contributed by atoms with van der Waals surface area (Å²) in [5.74, 6) is 5.61. The number of aromatic nitrogens is 2. The third-order valence-electron chi connectivity index (χ3n) is 2.54. The first-order valence-electron chi connectivity index (χ1n) is 5.56. The molecule has 2 rings (SSSR count). The van der Waals surface area contributed by atoms with E-state index in [1.54, 1.807) is 24.5 Å². The predicted molar refractivity (Wildman–Crippen MR) is 72.1 cm³/mol. The molecule has 0 unspecified atom stereocenters. The number of anilines is 1. The van der Waals surface area contributed by atoms with Gasteiger partial charge in [0.1, 0.15) is 0 Å².